The van der Waals surface area contributed by atoms with E-state index in [9.17, 15) is 9.59 Å². The second-order valence-corrected chi connectivity index (χ2v) is 4.66. The van der Waals surface area contributed by atoms with Crippen LogP contribution in [-0.4, -0.2) is 42.2 Å². The lowest BCUT2D eigenvalue weighted by atomic mass is 9.93. The Morgan fingerprint density at radius 1 is 1.39 bits per heavy atom. The molecule has 0 radical (unpaired) electrons. The van der Waals surface area contributed by atoms with Gasteiger partial charge in [-0.2, -0.15) is 0 Å². The molecule has 18 heavy (non-hydrogen) atoms. The number of carboxylic acids is 1. The zero-order valence-corrected chi connectivity index (χ0v) is 11.5. The maximum absolute atomic E-state index is 11.2. The Hall–Kier alpha value is -1.14. The summed E-state index contributed by atoms with van der Waals surface area (Å²) in [6.07, 6.45) is 2.67. The monoisotopic (exact) mass is 259 g/mol. The Bertz CT molecular complexity index is 284. The van der Waals surface area contributed by atoms with E-state index in [1.54, 1.807) is 14.0 Å². The van der Waals surface area contributed by atoms with Crippen molar-refractivity contribution in [3.63, 3.8) is 0 Å². The van der Waals surface area contributed by atoms with Gasteiger partial charge in [-0.25, -0.2) is 0 Å². The molecule has 106 valence electrons. The van der Waals surface area contributed by atoms with Gasteiger partial charge in [-0.05, 0) is 33.4 Å². The maximum Gasteiger partial charge on any atom is 0.323 e. The average Bonchev–Trinajstić information content (AvgIpc) is 2.28. The molecule has 2 unspecified atom stereocenters. The predicted molar refractivity (Wildman–Crippen MR) is 70.2 cm³/mol. The first-order valence-corrected chi connectivity index (χ1v) is 6.32. The lowest BCUT2D eigenvalue weighted by Crippen LogP contribution is -2.49. The quantitative estimate of drug-likeness (QED) is 0.416. The molecule has 0 bridgehead atoms. The van der Waals surface area contributed by atoms with Crippen molar-refractivity contribution >= 4 is 11.9 Å². The van der Waals surface area contributed by atoms with E-state index in [-0.39, 0.29) is 11.9 Å². The lowest BCUT2D eigenvalue weighted by Gasteiger charge is -2.25. The molecule has 0 fully saturated rings. The number of carbonyl (C=O) groups is 2. The number of unbranched alkanes of at least 4 members (excludes halogenated alkanes) is 1. The van der Waals surface area contributed by atoms with Gasteiger partial charge in [0.1, 0.15) is 5.54 Å². The lowest BCUT2D eigenvalue weighted by molar-refractivity contribution is -0.144. The smallest absolute Gasteiger partial charge is 0.323 e. The molecule has 0 aliphatic rings. The van der Waals surface area contributed by atoms with Crippen molar-refractivity contribution in [1.29, 1.82) is 0 Å². The standard InChI is InChI=1S/C12H25N3O3/c1-4-15-12(2,11(17)18)8-6-5-7-9(14-3)10(13)16/h9,14-15H,4-8H2,1-3H3,(H2,13,16)(H,17,18). The average molecular weight is 259 g/mol. The van der Waals surface area contributed by atoms with Crippen LogP contribution in [0.4, 0.5) is 0 Å². The highest BCUT2D eigenvalue weighted by molar-refractivity contribution is 5.79. The number of hydrogen-bond acceptors (Lipinski definition) is 4. The molecule has 0 saturated carbocycles. The Balaban J connectivity index is 4.08. The summed E-state index contributed by atoms with van der Waals surface area (Å²) < 4.78 is 0. The summed E-state index contributed by atoms with van der Waals surface area (Å²) >= 11 is 0. The number of likely N-dealkylation sites (N-methyl/N-ethyl adjacent to an activating group) is 2. The molecule has 0 aliphatic carbocycles. The number of nitrogens with two attached hydrogens (primary N) is 1. The number of nitrogens with one attached hydrogen (secondary N) is 2. The molecule has 0 aliphatic heterocycles. The molecule has 0 spiro atoms. The topological polar surface area (TPSA) is 104 Å². The van der Waals surface area contributed by atoms with Crippen molar-refractivity contribution in [2.24, 2.45) is 5.73 Å². The summed E-state index contributed by atoms with van der Waals surface area (Å²) in [5.74, 6) is -1.21. The van der Waals surface area contributed by atoms with Gasteiger partial charge in [0.05, 0.1) is 6.04 Å². The highest BCUT2D eigenvalue weighted by Gasteiger charge is 2.31. The number of amides is 1. The maximum atomic E-state index is 11.2. The van der Waals surface area contributed by atoms with Crippen LogP contribution in [0.5, 0.6) is 0 Å². The van der Waals surface area contributed by atoms with Crippen LogP contribution in [0.2, 0.25) is 0 Å². The highest BCUT2D eigenvalue weighted by atomic mass is 16.4. The minimum atomic E-state index is -0.892. The number of rotatable bonds is 10. The van der Waals surface area contributed by atoms with Crippen LogP contribution in [0.1, 0.15) is 39.5 Å². The van der Waals surface area contributed by atoms with Gasteiger partial charge in [0.15, 0.2) is 0 Å². The van der Waals surface area contributed by atoms with Crippen LogP contribution in [0.25, 0.3) is 0 Å². The molecule has 0 aromatic rings. The van der Waals surface area contributed by atoms with E-state index in [1.807, 2.05) is 6.92 Å². The number of aliphatic carboxylic acids is 1. The van der Waals surface area contributed by atoms with E-state index in [1.165, 1.54) is 0 Å². The van der Waals surface area contributed by atoms with E-state index >= 15 is 0 Å². The van der Waals surface area contributed by atoms with Crippen molar-refractivity contribution in [3.8, 4) is 0 Å². The van der Waals surface area contributed by atoms with Crippen LogP contribution in [0, 0.1) is 0 Å². The largest absolute Gasteiger partial charge is 0.480 e. The Kier molecular flexibility index (Phi) is 7.54. The summed E-state index contributed by atoms with van der Waals surface area (Å²) in [6, 6.07) is -0.333. The molecule has 6 nitrogen and oxygen atoms in total. The van der Waals surface area contributed by atoms with Gasteiger partial charge in [0.25, 0.3) is 0 Å². The zero-order valence-electron chi connectivity index (χ0n) is 11.5. The first kappa shape index (κ1) is 16.9. The third-order valence-corrected chi connectivity index (χ3v) is 3.15. The number of primary amides is 1. The molecular formula is C12H25N3O3. The Morgan fingerprint density at radius 3 is 2.39 bits per heavy atom. The fraction of sp³-hybridized carbons (Fsp3) is 0.833. The summed E-state index contributed by atoms with van der Waals surface area (Å²) in [5, 5.41) is 15.0. The predicted octanol–water partition coefficient (Wildman–Crippen LogP) is 0.0729. The summed E-state index contributed by atoms with van der Waals surface area (Å²) in [4.78, 5) is 22.1. The van der Waals surface area contributed by atoms with E-state index < -0.39 is 11.5 Å². The molecule has 0 saturated heterocycles. The minimum absolute atomic E-state index is 0.333. The van der Waals surface area contributed by atoms with Gasteiger partial charge in [0.2, 0.25) is 5.91 Å². The van der Waals surface area contributed by atoms with Crippen LogP contribution >= 0.6 is 0 Å². The van der Waals surface area contributed by atoms with Crippen molar-refractivity contribution in [3.05, 3.63) is 0 Å². The van der Waals surface area contributed by atoms with Crippen molar-refractivity contribution < 1.29 is 14.7 Å². The van der Waals surface area contributed by atoms with Crippen LogP contribution < -0.4 is 16.4 Å². The molecule has 0 rings (SSSR count). The first-order chi connectivity index (χ1) is 8.37. The molecule has 6 heteroatoms. The van der Waals surface area contributed by atoms with E-state index in [0.29, 0.717) is 19.4 Å². The van der Waals surface area contributed by atoms with E-state index in [2.05, 4.69) is 10.6 Å². The van der Waals surface area contributed by atoms with Gasteiger partial charge in [-0.3, -0.25) is 9.59 Å². The number of hydrogen-bond donors (Lipinski definition) is 4. The van der Waals surface area contributed by atoms with Gasteiger partial charge >= 0.3 is 5.97 Å². The normalized spacial score (nSPS) is 15.9. The van der Waals surface area contributed by atoms with Crippen molar-refractivity contribution in [2.75, 3.05) is 13.6 Å². The van der Waals surface area contributed by atoms with E-state index in [4.69, 9.17) is 10.8 Å². The third kappa shape index (κ3) is 5.46. The molecular weight excluding hydrogens is 234 g/mol. The highest BCUT2D eigenvalue weighted by Crippen LogP contribution is 2.15. The number of carbonyl (C=O) groups excluding carboxylic acids is 1. The molecule has 0 aromatic heterocycles. The van der Waals surface area contributed by atoms with Crippen molar-refractivity contribution in [2.45, 2.75) is 51.1 Å². The fourth-order valence-corrected chi connectivity index (χ4v) is 1.92. The first-order valence-electron chi connectivity index (χ1n) is 6.32. The number of carboxylic acid groups (broad SMARTS) is 1. The zero-order chi connectivity index (χ0) is 14.2. The molecule has 0 heterocycles. The molecule has 0 aromatic carbocycles. The Labute approximate surface area is 108 Å². The molecule has 5 N–H and O–H groups in total. The summed E-state index contributed by atoms with van der Waals surface area (Å²) in [6.45, 7) is 4.18. The third-order valence-electron chi connectivity index (χ3n) is 3.15. The SMILES string of the molecule is CCNC(C)(CCCCC(NC)C(N)=O)C(=O)O. The van der Waals surface area contributed by atoms with E-state index in [0.717, 1.165) is 12.8 Å². The van der Waals surface area contributed by atoms with Crippen LogP contribution in [0.3, 0.4) is 0 Å². The van der Waals surface area contributed by atoms with Crippen LogP contribution in [0.15, 0.2) is 0 Å². The van der Waals surface area contributed by atoms with Gasteiger partial charge in [-0.15, -0.1) is 0 Å². The second-order valence-electron chi connectivity index (χ2n) is 4.66. The van der Waals surface area contributed by atoms with Gasteiger partial charge in [0, 0.05) is 0 Å². The molecule has 1 amide bonds. The van der Waals surface area contributed by atoms with Crippen LogP contribution in [-0.2, 0) is 9.59 Å². The van der Waals surface area contributed by atoms with Crippen molar-refractivity contribution in [1.82, 2.24) is 10.6 Å². The van der Waals surface area contributed by atoms with Gasteiger partial charge in [-0.1, -0.05) is 19.8 Å². The Morgan fingerprint density at radius 2 is 2.00 bits per heavy atom. The summed E-state index contributed by atoms with van der Waals surface area (Å²) in [7, 11) is 1.69. The minimum Gasteiger partial charge on any atom is -0.480 e. The molecule has 2 atom stereocenters. The fourth-order valence-electron chi connectivity index (χ4n) is 1.92. The second kappa shape index (κ2) is 8.05. The summed E-state index contributed by atoms with van der Waals surface area (Å²) in [5.41, 5.74) is 4.31. The van der Waals surface area contributed by atoms with Gasteiger partial charge < -0.3 is 21.5 Å².